The monoisotopic (exact) mass is 198 g/mol. The fourth-order valence-electron chi connectivity index (χ4n) is 1.73. The second kappa shape index (κ2) is 6.02. The number of carbonyl (C=O) groups is 1. The topological polar surface area (TPSA) is 32.3 Å². The van der Waals surface area contributed by atoms with E-state index in [9.17, 15) is 4.79 Å². The van der Waals surface area contributed by atoms with Crippen molar-refractivity contribution in [3.63, 3.8) is 0 Å². The molecule has 0 heterocycles. The first-order valence-corrected chi connectivity index (χ1v) is 5.79. The van der Waals surface area contributed by atoms with Gasteiger partial charge in [-0.1, -0.05) is 6.42 Å². The van der Waals surface area contributed by atoms with Gasteiger partial charge in [-0.25, -0.2) is 0 Å². The van der Waals surface area contributed by atoms with Crippen molar-refractivity contribution in [1.82, 2.24) is 10.2 Å². The summed E-state index contributed by atoms with van der Waals surface area (Å²) in [4.78, 5) is 13.5. The van der Waals surface area contributed by atoms with E-state index in [1.165, 1.54) is 19.3 Å². The molecule has 0 aromatic carbocycles. The van der Waals surface area contributed by atoms with Gasteiger partial charge in [-0.05, 0) is 26.7 Å². The lowest BCUT2D eigenvalue weighted by Crippen LogP contribution is -2.38. The number of hydrogen-bond acceptors (Lipinski definition) is 2. The molecule has 1 aliphatic rings. The lowest BCUT2D eigenvalue weighted by molar-refractivity contribution is -0.130. The first-order valence-electron chi connectivity index (χ1n) is 5.79. The van der Waals surface area contributed by atoms with Crippen LogP contribution < -0.4 is 5.32 Å². The molecule has 3 heteroatoms. The molecular weight excluding hydrogens is 176 g/mol. The van der Waals surface area contributed by atoms with E-state index in [0.717, 1.165) is 19.6 Å². The molecule has 0 aromatic rings. The second-order valence-electron chi connectivity index (χ2n) is 3.90. The average molecular weight is 198 g/mol. The van der Waals surface area contributed by atoms with Crippen LogP contribution in [0.3, 0.4) is 0 Å². The molecule has 0 radical (unpaired) electrons. The normalized spacial score (nSPS) is 16.4. The fourth-order valence-corrected chi connectivity index (χ4v) is 1.73. The minimum absolute atomic E-state index is 0.279. The number of amides is 1. The molecule has 0 aromatic heterocycles. The Labute approximate surface area is 86.9 Å². The summed E-state index contributed by atoms with van der Waals surface area (Å²) >= 11 is 0. The van der Waals surface area contributed by atoms with E-state index in [4.69, 9.17) is 0 Å². The van der Waals surface area contributed by atoms with Crippen LogP contribution in [-0.4, -0.2) is 36.5 Å². The van der Waals surface area contributed by atoms with Crippen molar-refractivity contribution in [1.29, 1.82) is 0 Å². The molecular formula is C11H22N2O. The summed E-state index contributed by atoms with van der Waals surface area (Å²) in [5, 5.41) is 3.41. The third-order valence-electron chi connectivity index (χ3n) is 2.99. The summed E-state index contributed by atoms with van der Waals surface area (Å²) in [5.74, 6) is 0.279. The number of nitrogens with one attached hydrogen (secondary N) is 1. The number of nitrogens with zero attached hydrogens (tertiary/aromatic N) is 1. The molecule has 1 saturated carbocycles. The van der Waals surface area contributed by atoms with Gasteiger partial charge in [0.1, 0.15) is 0 Å². The van der Waals surface area contributed by atoms with Crippen LogP contribution in [0.4, 0.5) is 0 Å². The molecule has 1 N–H and O–H groups in total. The van der Waals surface area contributed by atoms with Gasteiger partial charge in [0.2, 0.25) is 5.91 Å². The lowest BCUT2D eigenvalue weighted by Gasteiger charge is -2.27. The van der Waals surface area contributed by atoms with Gasteiger partial charge in [0, 0.05) is 32.1 Å². The van der Waals surface area contributed by atoms with Crippen molar-refractivity contribution in [2.45, 2.75) is 45.6 Å². The van der Waals surface area contributed by atoms with Crippen molar-refractivity contribution in [3.05, 3.63) is 0 Å². The Morgan fingerprint density at radius 3 is 2.43 bits per heavy atom. The Morgan fingerprint density at radius 1 is 1.36 bits per heavy atom. The highest BCUT2D eigenvalue weighted by Crippen LogP contribution is 2.17. The van der Waals surface area contributed by atoms with Crippen molar-refractivity contribution in [2.24, 2.45) is 0 Å². The molecule has 1 rings (SSSR count). The van der Waals surface area contributed by atoms with Crippen LogP contribution in [0.5, 0.6) is 0 Å². The summed E-state index contributed by atoms with van der Waals surface area (Å²) in [6.07, 6.45) is 4.58. The first kappa shape index (κ1) is 11.5. The molecule has 0 unspecified atom stereocenters. The van der Waals surface area contributed by atoms with E-state index in [-0.39, 0.29) is 5.91 Å². The van der Waals surface area contributed by atoms with E-state index in [1.54, 1.807) is 0 Å². The third-order valence-corrected chi connectivity index (χ3v) is 2.99. The predicted octanol–water partition coefficient (Wildman–Crippen LogP) is 1.39. The molecule has 0 spiro atoms. The van der Waals surface area contributed by atoms with E-state index >= 15 is 0 Å². The zero-order valence-electron chi connectivity index (χ0n) is 9.38. The number of hydrogen-bond donors (Lipinski definition) is 1. The average Bonchev–Trinajstić information content (AvgIpc) is 2.11. The largest absolute Gasteiger partial charge is 0.343 e. The predicted molar refractivity (Wildman–Crippen MR) is 58.2 cm³/mol. The van der Waals surface area contributed by atoms with Gasteiger partial charge < -0.3 is 10.2 Å². The molecule has 82 valence electrons. The SMILES string of the molecule is CCN(CC)C(=O)CCNC1CCC1. The molecule has 14 heavy (non-hydrogen) atoms. The van der Waals surface area contributed by atoms with Gasteiger partial charge in [-0.15, -0.1) is 0 Å². The maximum atomic E-state index is 11.6. The Hall–Kier alpha value is -0.570. The van der Waals surface area contributed by atoms with Crippen LogP contribution in [0.25, 0.3) is 0 Å². The molecule has 3 nitrogen and oxygen atoms in total. The van der Waals surface area contributed by atoms with Crippen molar-refractivity contribution in [2.75, 3.05) is 19.6 Å². The van der Waals surface area contributed by atoms with E-state index in [2.05, 4.69) is 5.32 Å². The zero-order valence-corrected chi connectivity index (χ0v) is 9.38. The maximum Gasteiger partial charge on any atom is 0.223 e. The van der Waals surface area contributed by atoms with Gasteiger partial charge in [-0.3, -0.25) is 4.79 Å². The van der Waals surface area contributed by atoms with Crippen LogP contribution in [0.15, 0.2) is 0 Å². The van der Waals surface area contributed by atoms with Gasteiger partial charge in [0.25, 0.3) is 0 Å². The summed E-state index contributed by atoms with van der Waals surface area (Å²) in [7, 11) is 0. The minimum atomic E-state index is 0.279. The smallest absolute Gasteiger partial charge is 0.223 e. The van der Waals surface area contributed by atoms with Crippen LogP contribution in [0.2, 0.25) is 0 Å². The maximum absolute atomic E-state index is 11.6. The van der Waals surface area contributed by atoms with Gasteiger partial charge >= 0.3 is 0 Å². The summed E-state index contributed by atoms with van der Waals surface area (Å²) < 4.78 is 0. The van der Waals surface area contributed by atoms with Crippen LogP contribution >= 0.6 is 0 Å². The fraction of sp³-hybridized carbons (Fsp3) is 0.909. The zero-order chi connectivity index (χ0) is 10.4. The molecule has 1 amide bonds. The number of carbonyl (C=O) groups excluding carboxylic acids is 1. The quantitative estimate of drug-likeness (QED) is 0.699. The van der Waals surface area contributed by atoms with E-state index < -0.39 is 0 Å². The van der Waals surface area contributed by atoms with Crippen LogP contribution in [-0.2, 0) is 4.79 Å². The van der Waals surface area contributed by atoms with Crippen molar-refractivity contribution < 1.29 is 4.79 Å². The van der Waals surface area contributed by atoms with Gasteiger partial charge in [0.15, 0.2) is 0 Å². The van der Waals surface area contributed by atoms with Crippen molar-refractivity contribution >= 4 is 5.91 Å². The summed E-state index contributed by atoms with van der Waals surface area (Å²) in [5.41, 5.74) is 0. The summed E-state index contributed by atoms with van der Waals surface area (Å²) in [6, 6.07) is 0.694. The molecule has 0 atom stereocenters. The molecule has 0 aliphatic heterocycles. The van der Waals surface area contributed by atoms with E-state index in [0.29, 0.717) is 12.5 Å². The highest BCUT2D eigenvalue weighted by Gasteiger charge is 2.17. The molecule has 0 saturated heterocycles. The highest BCUT2D eigenvalue weighted by molar-refractivity contribution is 5.76. The summed E-state index contributed by atoms with van der Waals surface area (Å²) in [6.45, 7) is 6.57. The Kier molecular flexibility index (Phi) is 4.94. The van der Waals surface area contributed by atoms with Crippen LogP contribution in [0.1, 0.15) is 39.5 Å². The Bertz CT molecular complexity index is 174. The second-order valence-corrected chi connectivity index (χ2v) is 3.90. The first-order chi connectivity index (χ1) is 6.77. The van der Waals surface area contributed by atoms with Gasteiger partial charge in [0.05, 0.1) is 0 Å². The molecule has 1 fully saturated rings. The number of rotatable bonds is 6. The Balaban J connectivity index is 2.06. The molecule has 0 bridgehead atoms. The van der Waals surface area contributed by atoms with Gasteiger partial charge in [-0.2, -0.15) is 0 Å². The van der Waals surface area contributed by atoms with E-state index in [1.807, 2.05) is 18.7 Å². The highest BCUT2D eigenvalue weighted by atomic mass is 16.2. The minimum Gasteiger partial charge on any atom is -0.343 e. The molecule has 1 aliphatic carbocycles. The Morgan fingerprint density at radius 2 is 2.00 bits per heavy atom. The van der Waals surface area contributed by atoms with Crippen LogP contribution in [0, 0.1) is 0 Å². The van der Waals surface area contributed by atoms with Crippen molar-refractivity contribution in [3.8, 4) is 0 Å². The standard InChI is InChI=1S/C11H22N2O/c1-3-13(4-2)11(14)8-9-12-10-6-5-7-10/h10,12H,3-9H2,1-2H3. The third kappa shape index (κ3) is 3.29. The lowest BCUT2D eigenvalue weighted by atomic mass is 9.93.